The Hall–Kier alpha value is -0.410. The first kappa shape index (κ1) is 12.7. The molecule has 0 heterocycles. The summed E-state index contributed by atoms with van der Waals surface area (Å²) in [4.78, 5) is 0. The van der Waals surface area contributed by atoms with Gasteiger partial charge in [-0.15, -0.1) is 0 Å². The summed E-state index contributed by atoms with van der Waals surface area (Å²) in [7, 11) is 0. The molecule has 0 aliphatic carbocycles. The van der Waals surface area contributed by atoms with E-state index in [1.54, 1.807) is 12.1 Å². The van der Waals surface area contributed by atoms with Gasteiger partial charge in [0.05, 0.1) is 4.47 Å². The molecule has 15 heavy (non-hydrogen) atoms. The maximum atomic E-state index is 13.9. The Morgan fingerprint density at radius 3 is 2.53 bits per heavy atom. The third-order valence-electron chi connectivity index (χ3n) is 3.07. The van der Waals surface area contributed by atoms with Gasteiger partial charge in [-0.1, -0.05) is 32.9 Å². The topological polar surface area (TPSA) is 26.0 Å². The second-order valence-corrected chi connectivity index (χ2v) is 5.00. The fraction of sp³-hybridized carbons (Fsp3) is 0.500. The zero-order valence-corrected chi connectivity index (χ0v) is 10.9. The van der Waals surface area contributed by atoms with E-state index in [1.165, 1.54) is 0 Å². The van der Waals surface area contributed by atoms with Crippen LogP contribution < -0.4 is 5.73 Å². The van der Waals surface area contributed by atoms with E-state index >= 15 is 0 Å². The molecule has 1 unspecified atom stereocenters. The normalized spacial score (nSPS) is 15.4. The smallest absolute Gasteiger partial charge is 0.142 e. The van der Waals surface area contributed by atoms with Gasteiger partial charge in [0.15, 0.2) is 0 Å². The largest absolute Gasteiger partial charge is 0.321 e. The number of benzene rings is 1. The second kappa shape index (κ2) is 4.62. The predicted molar refractivity (Wildman–Crippen MR) is 65.1 cm³/mol. The number of hydrogen-bond donors (Lipinski definition) is 1. The predicted octanol–water partition coefficient (Wildman–Crippen LogP) is 3.81. The number of hydrogen-bond acceptors (Lipinski definition) is 1. The van der Waals surface area contributed by atoms with Crippen LogP contribution in [0.3, 0.4) is 0 Å². The van der Waals surface area contributed by atoms with Crippen molar-refractivity contribution in [2.24, 2.45) is 11.7 Å². The lowest BCUT2D eigenvalue weighted by Crippen LogP contribution is -2.42. The van der Waals surface area contributed by atoms with Gasteiger partial charge < -0.3 is 5.73 Å². The van der Waals surface area contributed by atoms with Crippen molar-refractivity contribution in [3.63, 3.8) is 0 Å². The lowest BCUT2D eigenvalue weighted by Gasteiger charge is -2.33. The van der Waals surface area contributed by atoms with Crippen LogP contribution in [0.5, 0.6) is 0 Å². The van der Waals surface area contributed by atoms with Crippen LogP contribution in [-0.2, 0) is 5.54 Å². The molecule has 2 N–H and O–H groups in total. The standard InChI is InChI=1S/C12H17BrFN/c1-4-12(15,8(2)3)9-6-5-7-10(13)11(9)14/h5-8H,4,15H2,1-3H3. The summed E-state index contributed by atoms with van der Waals surface area (Å²) in [5, 5.41) is 0. The Morgan fingerprint density at radius 2 is 2.07 bits per heavy atom. The minimum atomic E-state index is -0.589. The molecule has 0 radical (unpaired) electrons. The van der Waals surface area contributed by atoms with E-state index < -0.39 is 5.54 Å². The summed E-state index contributed by atoms with van der Waals surface area (Å²) < 4.78 is 14.4. The Balaban J connectivity index is 3.30. The highest BCUT2D eigenvalue weighted by Crippen LogP contribution is 2.34. The van der Waals surface area contributed by atoms with Crippen molar-refractivity contribution in [2.75, 3.05) is 0 Å². The monoisotopic (exact) mass is 273 g/mol. The zero-order chi connectivity index (χ0) is 11.6. The van der Waals surface area contributed by atoms with Crippen LogP contribution in [0.25, 0.3) is 0 Å². The van der Waals surface area contributed by atoms with Crippen LogP contribution in [0, 0.1) is 11.7 Å². The van der Waals surface area contributed by atoms with E-state index in [2.05, 4.69) is 15.9 Å². The summed E-state index contributed by atoms with van der Waals surface area (Å²) in [6, 6.07) is 5.28. The summed E-state index contributed by atoms with van der Waals surface area (Å²) in [5.74, 6) is -0.0400. The average molecular weight is 274 g/mol. The van der Waals surface area contributed by atoms with Gasteiger partial charge in [0.2, 0.25) is 0 Å². The summed E-state index contributed by atoms with van der Waals surface area (Å²) in [5.41, 5.74) is 6.27. The molecular formula is C12H17BrFN. The van der Waals surface area contributed by atoms with Gasteiger partial charge in [-0.25, -0.2) is 4.39 Å². The van der Waals surface area contributed by atoms with Gasteiger partial charge in [0.1, 0.15) is 5.82 Å². The SMILES string of the molecule is CCC(N)(c1cccc(Br)c1F)C(C)C. The molecule has 0 saturated carbocycles. The molecule has 1 aromatic carbocycles. The molecule has 1 aromatic rings. The molecular weight excluding hydrogens is 257 g/mol. The van der Waals surface area contributed by atoms with Gasteiger partial charge in [-0.3, -0.25) is 0 Å². The van der Waals surface area contributed by atoms with Crippen molar-refractivity contribution in [3.8, 4) is 0 Å². The van der Waals surface area contributed by atoms with Crippen molar-refractivity contribution in [2.45, 2.75) is 32.7 Å². The van der Waals surface area contributed by atoms with E-state index in [1.807, 2.05) is 26.8 Å². The molecule has 1 atom stereocenters. The van der Waals surface area contributed by atoms with Crippen LogP contribution in [0.2, 0.25) is 0 Å². The zero-order valence-electron chi connectivity index (χ0n) is 9.35. The molecule has 1 rings (SSSR count). The van der Waals surface area contributed by atoms with Crippen LogP contribution in [0.15, 0.2) is 22.7 Å². The minimum Gasteiger partial charge on any atom is -0.321 e. The summed E-state index contributed by atoms with van der Waals surface area (Å²) in [6.45, 7) is 6.02. The van der Waals surface area contributed by atoms with E-state index in [4.69, 9.17) is 5.73 Å². The maximum Gasteiger partial charge on any atom is 0.142 e. The van der Waals surface area contributed by atoms with Gasteiger partial charge in [-0.05, 0) is 34.3 Å². The highest BCUT2D eigenvalue weighted by atomic mass is 79.9. The maximum absolute atomic E-state index is 13.9. The first-order chi connectivity index (χ1) is 6.93. The van der Waals surface area contributed by atoms with E-state index in [9.17, 15) is 4.39 Å². The van der Waals surface area contributed by atoms with Crippen LogP contribution in [-0.4, -0.2) is 0 Å². The molecule has 0 spiro atoms. The molecule has 0 saturated heterocycles. The third kappa shape index (κ3) is 2.23. The van der Waals surface area contributed by atoms with Crippen molar-refractivity contribution < 1.29 is 4.39 Å². The Labute approximate surface area is 99.0 Å². The van der Waals surface area contributed by atoms with Crippen LogP contribution in [0.1, 0.15) is 32.8 Å². The van der Waals surface area contributed by atoms with Crippen molar-refractivity contribution in [1.29, 1.82) is 0 Å². The first-order valence-corrected chi connectivity index (χ1v) is 5.96. The minimum absolute atomic E-state index is 0.200. The number of nitrogens with two attached hydrogens (primary N) is 1. The van der Waals surface area contributed by atoms with Gasteiger partial charge in [0.25, 0.3) is 0 Å². The Morgan fingerprint density at radius 1 is 1.47 bits per heavy atom. The van der Waals surface area contributed by atoms with Crippen LogP contribution >= 0.6 is 15.9 Å². The molecule has 0 bridgehead atoms. The quantitative estimate of drug-likeness (QED) is 0.891. The van der Waals surface area contributed by atoms with Gasteiger partial charge >= 0.3 is 0 Å². The number of rotatable bonds is 3. The fourth-order valence-electron chi connectivity index (χ4n) is 1.77. The highest BCUT2D eigenvalue weighted by Gasteiger charge is 2.32. The van der Waals surface area contributed by atoms with Crippen LogP contribution in [0.4, 0.5) is 4.39 Å². The van der Waals surface area contributed by atoms with Crippen molar-refractivity contribution >= 4 is 15.9 Å². The van der Waals surface area contributed by atoms with Crippen molar-refractivity contribution in [1.82, 2.24) is 0 Å². The van der Waals surface area contributed by atoms with E-state index in [0.29, 0.717) is 10.0 Å². The lowest BCUT2D eigenvalue weighted by atomic mass is 9.78. The third-order valence-corrected chi connectivity index (χ3v) is 3.68. The molecule has 84 valence electrons. The van der Waals surface area contributed by atoms with E-state index in [-0.39, 0.29) is 11.7 Å². The second-order valence-electron chi connectivity index (χ2n) is 4.15. The molecule has 0 fully saturated rings. The molecule has 0 aliphatic rings. The average Bonchev–Trinajstić information content (AvgIpc) is 2.20. The lowest BCUT2D eigenvalue weighted by molar-refractivity contribution is 0.294. The molecule has 0 aliphatic heterocycles. The first-order valence-electron chi connectivity index (χ1n) is 5.16. The molecule has 0 aromatic heterocycles. The van der Waals surface area contributed by atoms with Gasteiger partial charge in [-0.2, -0.15) is 0 Å². The highest BCUT2D eigenvalue weighted by molar-refractivity contribution is 9.10. The summed E-state index contributed by atoms with van der Waals surface area (Å²) >= 11 is 3.19. The molecule has 3 heteroatoms. The van der Waals surface area contributed by atoms with Crippen molar-refractivity contribution in [3.05, 3.63) is 34.1 Å². The van der Waals surface area contributed by atoms with E-state index in [0.717, 1.165) is 6.42 Å². The summed E-state index contributed by atoms with van der Waals surface area (Å²) in [6.07, 6.45) is 0.720. The van der Waals surface area contributed by atoms with Gasteiger partial charge in [0, 0.05) is 11.1 Å². The number of halogens is 2. The Kier molecular flexibility index (Phi) is 3.90. The molecule has 0 amide bonds. The fourth-order valence-corrected chi connectivity index (χ4v) is 2.14. The Bertz CT molecular complexity index is 351. The molecule has 1 nitrogen and oxygen atoms in total.